The minimum absolute atomic E-state index is 0.290. The van der Waals surface area contributed by atoms with E-state index in [9.17, 15) is 0 Å². The smallest absolute Gasteiger partial charge is 0.139 e. The number of nitrogens with zero attached hydrogens (tertiary/aromatic N) is 1. The average molecular weight is 254 g/mol. The Balaban J connectivity index is 1.82. The van der Waals surface area contributed by atoms with Crippen molar-refractivity contribution in [2.45, 2.75) is 59.0 Å². The molecule has 0 radical (unpaired) electrons. The van der Waals surface area contributed by atoms with E-state index >= 15 is 0 Å². The third-order valence-electron chi connectivity index (χ3n) is 5.74. The molecule has 0 spiro atoms. The minimum Gasteiger partial charge on any atom is -0.409 e. The Morgan fingerprint density at radius 3 is 2.67 bits per heavy atom. The molecule has 0 heterocycles. The maximum Gasteiger partial charge on any atom is 0.139 e. The monoisotopic (exact) mass is 254 g/mol. The van der Waals surface area contributed by atoms with E-state index in [4.69, 9.17) is 15.7 Å². The van der Waals surface area contributed by atoms with Gasteiger partial charge in [0.05, 0.1) is 6.10 Å². The lowest BCUT2D eigenvalue weighted by Crippen LogP contribution is -2.37. The lowest BCUT2D eigenvalue weighted by atomic mass is 9.70. The van der Waals surface area contributed by atoms with Gasteiger partial charge in [0.25, 0.3) is 0 Å². The van der Waals surface area contributed by atoms with E-state index in [-0.39, 0.29) is 5.84 Å². The van der Waals surface area contributed by atoms with Crippen molar-refractivity contribution in [2.75, 3.05) is 6.61 Å². The molecule has 2 fully saturated rings. The summed E-state index contributed by atoms with van der Waals surface area (Å²) in [5.41, 5.74) is 6.17. The summed E-state index contributed by atoms with van der Waals surface area (Å²) in [6.45, 7) is 7.88. The van der Waals surface area contributed by atoms with Crippen LogP contribution in [0.2, 0.25) is 0 Å². The molecule has 2 aliphatic carbocycles. The topological polar surface area (TPSA) is 67.8 Å². The quantitative estimate of drug-likeness (QED) is 0.260. The van der Waals surface area contributed by atoms with Crippen LogP contribution in [0, 0.1) is 16.7 Å². The van der Waals surface area contributed by atoms with Crippen molar-refractivity contribution in [1.82, 2.24) is 0 Å². The van der Waals surface area contributed by atoms with Crippen LogP contribution in [0.5, 0.6) is 0 Å². The normalized spacial score (nSPS) is 38.3. The highest BCUT2D eigenvalue weighted by Crippen LogP contribution is 2.66. The first-order valence-corrected chi connectivity index (χ1v) is 7.00. The van der Waals surface area contributed by atoms with Gasteiger partial charge in [0, 0.05) is 13.0 Å². The van der Waals surface area contributed by atoms with E-state index in [0.29, 0.717) is 30.0 Å². The van der Waals surface area contributed by atoms with Crippen molar-refractivity contribution in [2.24, 2.45) is 27.6 Å². The Hall–Kier alpha value is -0.770. The van der Waals surface area contributed by atoms with Crippen molar-refractivity contribution >= 4 is 5.84 Å². The number of ether oxygens (including phenoxy) is 1. The van der Waals surface area contributed by atoms with Gasteiger partial charge in [0.1, 0.15) is 5.84 Å². The molecule has 0 amide bonds. The highest BCUT2D eigenvalue weighted by atomic mass is 16.5. The van der Waals surface area contributed by atoms with Gasteiger partial charge < -0.3 is 15.7 Å². The summed E-state index contributed by atoms with van der Waals surface area (Å²) in [5, 5.41) is 11.4. The zero-order chi connectivity index (χ0) is 13.4. The van der Waals surface area contributed by atoms with Crippen LogP contribution in [0.4, 0.5) is 0 Å². The molecule has 104 valence electrons. The predicted molar refractivity (Wildman–Crippen MR) is 71.6 cm³/mol. The van der Waals surface area contributed by atoms with E-state index in [1.807, 2.05) is 0 Å². The summed E-state index contributed by atoms with van der Waals surface area (Å²) in [5.74, 6) is 1.11. The number of fused-ring (bicyclic) bond motifs is 2. The third kappa shape index (κ3) is 2.00. The Morgan fingerprint density at radius 2 is 2.17 bits per heavy atom. The van der Waals surface area contributed by atoms with Crippen LogP contribution in [0.15, 0.2) is 5.16 Å². The van der Waals surface area contributed by atoms with Crippen LogP contribution in [0.1, 0.15) is 52.9 Å². The second kappa shape index (κ2) is 4.72. The molecule has 0 aliphatic heterocycles. The van der Waals surface area contributed by atoms with Crippen molar-refractivity contribution in [1.29, 1.82) is 0 Å². The Labute approximate surface area is 110 Å². The molecule has 3 N–H and O–H groups in total. The highest BCUT2D eigenvalue weighted by molar-refractivity contribution is 5.79. The zero-order valence-corrected chi connectivity index (χ0v) is 11.8. The van der Waals surface area contributed by atoms with E-state index in [0.717, 1.165) is 12.3 Å². The second-order valence-electron chi connectivity index (χ2n) is 6.66. The fourth-order valence-corrected chi connectivity index (χ4v) is 3.91. The van der Waals surface area contributed by atoms with Crippen LogP contribution >= 0.6 is 0 Å². The standard InChI is InChI=1S/C14H26N2O2/c1-13(2)10-6-7-14(13,3)11(9-10)18-8-4-5-12(15)16-17/h10-11,17H,4-9H2,1-3H3,(H2,15,16). The fraction of sp³-hybridized carbons (Fsp3) is 0.929. The van der Waals surface area contributed by atoms with Gasteiger partial charge in [0.2, 0.25) is 0 Å². The molecule has 4 heteroatoms. The Bertz CT molecular complexity index is 341. The number of hydrogen-bond donors (Lipinski definition) is 2. The molecule has 2 rings (SSSR count). The molecule has 0 aromatic carbocycles. The summed E-state index contributed by atoms with van der Waals surface area (Å²) in [6, 6.07) is 0. The molecule has 2 aliphatic rings. The van der Waals surface area contributed by atoms with Gasteiger partial charge in [-0.15, -0.1) is 0 Å². The zero-order valence-electron chi connectivity index (χ0n) is 11.8. The first kappa shape index (κ1) is 13.7. The minimum atomic E-state index is 0.290. The van der Waals surface area contributed by atoms with E-state index in [2.05, 4.69) is 25.9 Å². The van der Waals surface area contributed by atoms with Crippen LogP contribution < -0.4 is 5.73 Å². The average Bonchev–Trinajstić information content (AvgIpc) is 2.67. The largest absolute Gasteiger partial charge is 0.409 e. The number of nitrogens with two attached hydrogens (primary N) is 1. The molecule has 3 atom stereocenters. The summed E-state index contributed by atoms with van der Waals surface area (Å²) < 4.78 is 6.08. The van der Waals surface area contributed by atoms with Gasteiger partial charge in [0.15, 0.2) is 0 Å². The van der Waals surface area contributed by atoms with Crippen LogP contribution in [-0.2, 0) is 4.74 Å². The third-order valence-corrected chi connectivity index (χ3v) is 5.74. The first-order valence-electron chi connectivity index (χ1n) is 7.00. The van der Waals surface area contributed by atoms with Gasteiger partial charge in [-0.2, -0.15) is 0 Å². The van der Waals surface area contributed by atoms with Gasteiger partial charge in [-0.1, -0.05) is 25.9 Å². The molecule has 0 saturated heterocycles. The van der Waals surface area contributed by atoms with Crippen molar-refractivity contribution in [3.05, 3.63) is 0 Å². The van der Waals surface area contributed by atoms with E-state index in [1.54, 1.807) is 0 Å². The first-order chi connectivity index (χ1) is 8.41. The Kier molecular flexibility index (Phi) is 3.58. The van der Waals surface area contributed by atoms with Crippen molar-refractivity contribution in [3.8, 4) is 0 Å². The van der Waals surface area contributed by atoms with E-state index < -0.39 is 0 Å². The van der Waals surface area contributed by atoms with E-state index in [1.165, 1.54) is 19.3 Å². The molecule has 0 aromatic rings. The molecule has 2 bridgehead atoms. The van der Waals surface area contributed by atoms with Crippen molar-refractivity contribution in [3.63, 3.8) is 0 Å². The van der Waals surface area contributed by atoms with Crippen LogP contribution in [-0.4, -0.2) is 23.8 Å². The van der Waals surface area contributed by atoms with Gasteiger partial charge >= 0.3 is 0 Å². The second-order valence-corrected chi connectivity index (χ2v) is 6.66. The Morgan fingerprint density at radius 1 is 1.44 bits per heavy atom. The number of rotatable bonds is 5. The highest BCUT2D eigenvalue weighted by Gasteiger charge is 2.61. The van der Waals surface area contributed by atoms with Crippen LogP contribution in [0.3, 0.4) is 0 Å². The fourth-order valence-electron chi connectivity index (χ4n) is 3.91. The van der Waals surface area contributed by atoms with Gasteiger partial charge in [-0.3, -0.25) is 0 Å². The number of amidine groups is 1. The molecule has 2 saturated carbocycles. The molecule has 4 nitrogen and oxygen atoms in total. The molecular formula is C14H26N2O2. The van der Waals surface area contributed by atoms with Crippen LogP contribution in [0.25, 0.3) is 0 Å². The van der Waals surface area contributed by atoms with Gasteiger partial charge in [-0.25, -0.2) is 0 Å². The maximum atomic E-state index is 8.46. The molecule has 3 unspecified atom stereocenters. The molecule has 0 aromatic heterocycles. The molecular weight excluding hydrogens is 228 g/mol. The molecule has 18 heavy (non-hydrogen) atoms. The maximum absolute atomic E-state index is 8.46. The lowest BCUT2D eigenvalue weighted by molar-refractivity contribution is -0.0467. The number of hydrogen-bond acceptors (Lipinski definition) is 3. The predicted octanol–water partition coefficient (Wildman–Crippen LogP) is 2.74. The van der Waals surface area contributed by atoms with Crippen molar-refractivity contribution < 1.29 is 9.94 Å². The van der Waals surface area contributed by atoms with Gasteiger partial charge in [-0.05, 0) is 42.4 Å². The summed E-state index contributed by atoms with van der Waals surface area (Å²) in [6.07, 6.45) is 5.66. The lowest BCUT2D eigenvalue weighted by Gasteiger charge is -2.38. The number of oxime groups is 1. The SMILES string of the molecule is CC1(C)C2CCC1(C)C(OCCCC(N)=NO)C2. The summed E-state index contributed by atoms with van der Waals surface area (Å²) >= 11 is 0. The summed E-state index contributed by atoms with van der Waals surface area (Å²) in [4.78, 5) is 0. The summed E-state index contributed by atoms with van der Waals surface area (Å²) in [7, 11) is 0.